The molecular weight excluding hydrogens is 526 g/mol. The minimum atomic E-state index is 0.0667. The van der Waals surface area contributed by atoms with Gasteiger partial charge in [-0.3, -0.25) is 9.79 Å². The van der Waals surface area contributed by atoms with Crippen LogP contribution in [0, 0.1) is 0 Å². The monoisotopic (exact) mass is 539 g/mol. The van der Waals surface area contributed by atoms with Crippen LogP contribution in [0.5, 0.6) is 5.75 Å². The second-order valence-electron chi connectivity index (χ2n) is 6.35. The number of thioether (sulfide) groups is 1. The Morgan fingerprint density at radius 3 is 2.96 bits per heavy atom. The van der Waals surface area contributed by atoms with E-state index in [9.17, 15) is 9.90 Å². The van der Waals surface area contributed by atoms with Crippen LogP contribution in [-0.2, 0) is 4.79 Å². The summed E-state index contributed by atoms with van der Waals surface area (Å²) < 4.78 is 3.34. The number of aromatic hydroxyl groups is 1. The Balaban J connectivity index is 1.47. The zero-order chi connectivity index (χ0) is 19.7. The molecule has 1 heterocycles. The molecule has 0 radical (unpaired) electrons. The second kappa shape index (κ2) is 8.52. The van der Waals surface area contributed by atoms with E-state index in [0.717, 1.165) is 37.6 Å². The van der Waals surface area contributed by atoms with Gasteiger partial charge in [0, 0.05) is 22.3 Å². The molecule has 144 valence electrons. The average Bonchev–Trinajstić information content (AvgIpc) is 3.37. The van der Waals surface area contributed by atoms with Gasteiger partial charge in [0.15, 0.2) is 4.34 Å². The summed E-state index contributed by atoms with van der Waals surface area (Å²) in [5.74, 6) is 0.601. The van der Waals surface area contributed by atoms with Crippen molar-refractivity contribution in [2.45, 2.75) is 23.2 Å². The Bertz CT molecular complexity index is 1080. The standard InChI is InChI=1S/C19H15Br2N3O2S2/c20-11-5-10(18(26)14(21)6-11)8-22-13-3-4-15-16(7-13)28-19(24-15)27-9-17(25)23-12-1-2-12/h3-8,12,26H,1-2,9H2,(H,23,25). The van der Waals surface area contributed by atoms with Gasteiger partial charge in [-0.1, -0.05) is 27.7 Å². The molecule has 4 rings (SSSR count). The number of nitrogens with zero attached hydrogens (tertiary/aromatic N) is 2. The van der Waals surface area contributed by atoms with E-state index in [0.29, 0.717) is 21.8 Å². The first-order chi connectivity index (χ1) is 13.5. The van der Waals surface area contributed by atoms with E-state index in [1.165, 1.54) is 11.8 Å². The molecule has 0 spiro atoms. The van der Waals surface area contributed by atoms with Gasteiger partial charge in [-0.05, 0) is 59.1 Å². The van der Waals surface area contributed by atoms with Crippen molar-refractivity contribution < 1.29 is 9.90 Å². The number of aromatic nitrogens is 1. The van der Waals surface area contributed by atoms with Crippen LogP contribution < -0.4 is 5.32 Å². The zero-order valence-electron chi connectivity index (χ0n) is 14.5. The van der Waals surface area contributed by atoms with Crippen LogP contribution in [0.3, 0.4) is 0 Å². The third kappa shape index (κ3) is 4.94. The fourth-order valence-corrected chi connectivity index (χ4v) is 5.66. The van der Waals surface area contributed by atoms with Crippen molar-refractivity contribution in [2.75, 3.05) is 5.75 Å². The van der Waals surface area contributed by atoms with Crippen molar-refractivity contribution in [3.63, 3.8) is 0 Å². The molecule has 5 nitrogen and oxygen atoms in total. The fraction of sp³-hybridized carbons (Fsp3) is 0.211. The molecule has 2 N–H and O–H groups in total. The topological polar surface area (TPSA) is 74.6 Å². The summed E-state index contributed by atoms with van der Waals surface area (Å²) in [4.78, 5) is 20.9. The number of carbonyl (C=O) groups is 1. The molecule has 1 aliphatic carbocycles. The van der Waals surface area contributed by atoms with Crippen molar-refractivity contribution in [1.82, 2.24) is 10.3 Å². The SMILES string of the molecule is O=C(CSc1nc2ccc(N=Cc3cc(Br)cc(Br)c3O)cc2s1)NC1CC1. The molecule has 9 heteroatoms. The molecule has 3 aromatic rings. The van der Waals surface area contributed by atoms with E-state index in [1.54, 1.807) is 29.7 Å². The number of halogens is 2. The summed E-state index contributed by atoms with van der Waals surface area (Å²) >= 11 is 9.74. The quantitative estimate of drug-likeness (QED) is 0.313. The molecule has 28 heavy (non-hydrogen) atoms. The van der Waals surface area contributed by atoms with Crippen LogP contribution in [0.25, 0.3) is 10.2 Å². The first kappa shape index (κ1) is 19.9. The highest BCUT2D eigenvalue weighted by Crippen LogP contribution is 2.33. The number of aliphatic imine (C=N–C) groups is 1. The fourth-order valence-electron chi connectivity index (χ4n) is 2.49. The number of nitrogens with one attached hydrogen (secondary N) is 1. The van der Waals surface area contributed by atoms with Crippen molar-refractivity contribution in [3.05, 3.63) is 44.8 Å². The van der Waals surface area contributed by atoms with Gasteiger partial charge in [-0.25, -0.2) is 4.98 Å². The normalized spacial score (nSPS) is 14.1. The third-order valence-corrected chi connectivity index (χ3v) is 7.26. The number of fused-ring (bicyclic) bond motifs is 1. The Kier molecular flexibility index (Phi) is 6.05. The van der Waals surface area contributed by atoms with Gasteiger partial charge in [0.1, 0.15) is 5.75 Å². The lowest BCUT2D eigenvalue weighted by Gasteiger charge is -2.02. The summed E-state index contributed by atoms with van der Waals surface area (Å²) in [7, 11) is 0. The van der Waals surface area contributed by atoms with Crippen LogP contribution in [0.15, 0.2) is 48.6 Å². The van der Waals surface area contributed by atoms with Gasteiger partial charge in [0.25, 0.3) is 0 Å². The van der Waals surface area contributed by atoms with Gasteiger partial charge >= 0.3 is 0 Å². The van der Waals surface area contributed by atoms with E-state index in [2.05, 4.69) is 47.2 Å². The van der Waals surface area contributed by atoms with Crippen molar-refractivity contribution in [3.8, 4) is 5.75 Å². The highest BCUT2D eigenvalue weighted by molar-refractivity contribution is 9.11. The zero-order valence-corrected chi connectivity index (χ0v) is 19.3. The van der Waals surface area contributed by atoms with E-state index < -0.39 is 0 Å². The van der Waals surface area contributed by atoms with E-state index in [4.69, 9.17) is 0 Å². The molecule has 1 saturated carbocycles. The number of benzene rings is 2. The Hall–Kier alpha value is -1.42. The van der Waals surface area contributed by atoms with Gasteiger partial charge < -0.3 is 10.4 Å². The number of hydrogen-bond acceptors (Lipinski definition) is 6. The molecule has 2 aromatic carbocycles. The lowest BCUT2D eigenvalue weighted by atomic mass is 10.2. The van der Waals surface area contributed by atoms with Crippen molar-refractivity contribution >= 4 is 83.0 Å². The lowest BCUT2D eigenvalue weighted by Crippen LogP contribution is -2.26. The molecule has 1 aliphatic rings. The molecule has 1 aromatic heterocycles. The third-order valence-electron chi connectivity index (χ3n) is 4.03. The summed E-state index contributed by atoms with van der Waals surface area (Å²) in [6.45, 7) is 0. The van der Waals surface area contributed by atoms with Crippen LogP contribution in [0.1, 0.15) is 18.4 Å². The molecule has 1 fully saturated rings. The Morgan fingerprint density at radius 2 is 2.18 bits per heavy atom. The minimum absolute atomic E-state index is 0.0667. The molecule has 1 amide bonds. The number of phenolic OH excluding ortho intramolecular Hbond substituents is 1. The maximum Gasteiger partial charge on any atom is 0.230 e. The summed E-state index contributed by atoms with van der Waals surface area (Å²) in [5.41, 5.74) is 2.28. The van der Waals surface area contributed by atoms with Gasteiger partial charge in [-0.15, -0.1) is 11.3 Å². The lowest BCUT2D eigenvalue weighted by molar-refractivity contribution is -0.118. The van der Waals surface area contributed by atoms with E-state index in [1.807, 2.05) is 18.2 Å². The number of carbonyl (C=O) groups excluding carboxylic acids is 1. The molecule has 0 saturated heterocycles. The number of phenols is 1. The van der Waals surface area contributed by atoms with Gasteiger partial charge in [-0.2, -0.15) is 0 Å². The van der Waals surface area contributed by atoms with Crippen LogP contribution in [0.4, 0.5) is 5.69 Å². The van der Waals surface area contributed by atoms with Crippen molar-refractivity contribution in [1.29, 1.82) is 0 Å². The molecule has 0 atom stereocenters. The molecule has 0 bridgehead atoms. The Morgan fingerprint density at radius 1 is 1.36 bits per heavy atom. The largest absolute Gasteiger partial charge is 0.506 e. The van der Waals surface area contributed by atoms with Crippen LogP contribution in [-0.4, -0.2) is 34.0 Å². The first-order valence-corrected chi connectivity index (χ1v) is 11.9. The minimum Gasteiger partial charge on any atom is -0.506 e. The first-order valence-electron chi connectivity index (χ1n) is 8.53. The van der Waals surface area contributed by atoms with Crippen molar-refractivity contribution in [2.24, 2.45) is 4.99 Å². The molecule has 0 unspecified atom stereocenters. The molecule has 0 aliphatic heterocycles. The predicted molar refractivity (Wildman–Crippen MR) is 122 cm³/mol. The maximum absolute atomic E-state index is 11.8. The average molecular weight is 541 g/mol. The summed E-state index contributed by atoms with van der Waals surface area (Å²) in [6.07, 6.45) is 3.82. The molecular formula is C19H15Br2N3O2S2. The van der Waals surface area contributed by atoms with E-state index >= 15 is 0 Å². The van der Waals surface area contributed by atoms with E-state index in [-0.39, 0.29) is 11.7 Å². The van der Waals surface area contributed by atoms with Crippen LogP contribution >= 0.6 is 55.0 Å². The number of hydrogen-bond donors (Lipinski definition) is 2. The van der Waals surface area contributed by atoms with Gasteiger partial charge in [0.05, 0.1) is 26.1 Å². The van der Waals surface area contributed by atoms with Gasteiger partial charge in [0.2, 0.25) is 5.91 Å². The predicted octanol–water partition coefficient (Wildman–Crippen LogP) is 5.65. The highest BCUT2D eigenvalue weighted by Gasteiger charge is 2.23. The smallest absolute Gasteiger partial charge is 0.230 e. The highest BCUT2D eigenvalue weighted by atomic mass is 79.9. The Labute approximate surface area is 186 Å². The number of thiazole rings is 1. The number of amides is 1. The summed E-state index contributed by atoms with van der Waals surface area (Å²) in [6, 6.07) is 9.73. The second-order valence-corrected chi connectivity index (χ2v) is 10.4. The summed E-state index contributed by atoms with van der Waals surface area (Å²) in [5, 5.41) is 13.1. The maximum atomic E-state index is 11.8. The van der Waals surface area contributed by atoms with Crippen LogP contribution in [0.2, 0.25) is 0 Å². The number of rotatable bonds is 6.